The predicted octanol–water partition coefficient (Wildman–Crippen LogP) is 4.21. The molecule has 0 bridgehead atoms. The quantitative estimate of drug-likeness (QED) is 0.401. The molecular formula is C26H27ClN6. The van der Waals surface area contributed by atoms with E-state index in [1.165, 1.54) is 11.1 Å². The first-order chi connectivity index (χ1) is 15.8. The summed E-state index contributed by atoms with van der Waals surface area (Å²) in [5.41, 5.74) is 13.6. The van der Waals surface area contributed by atoms with Gasteiger partial charge in [-0.1, -0.05) is 42.5 Å². The first-order valence-corrected chi connectivity index (χ1v) is 10.9. The highest BCUT2D eigenvalue weighted by atomic mass is 35.5. The Labute approximate surface area is 200 Å². The standard InChI is InChI=1S/C26H26N6.ClH/c27-14-18-4-3-7-21(12-18)24-17-31-26(32-25(24)19-8-10-28-11-9-19)30-16-23-13-20-5-1-2-6-22(20)15-29-23;/h1-12,17,23,29H,13-16,27H2,(H,30,31,32);1H. The van der Waals surface area contributed by atoms with Crippen LogP contribution in [0.15, 0.2) is 79.3 Å². The van der Waals surface area contributed by atoms with Gasteiger partial charge in [0.15, 0.2) is 0 Å². The lowest BCUT2D eigenvalue weighted by atomic mass is 9.96. The van der Waals surface area contributed by atoms with Crippen LogP contribution in [0.2, 0.25) is 0 Å². The molecule has 0 spiro atoms. The van der Waals surface area contributed by atoms with E-state index in [4.69, 9.17) is 10.7 Å². The van der Waals surface area contributed by atoms with Crippen LogP contribution in [0.3, 0.4) is 0 Å². The first-order valence-electron chi connectivity index (χ1n) is 10.9. The summed E-state index contributed by atoms with van der Waals surface area (Å²) in [5, 5.41) is 7.04. The Balaban J connectivity index is 0.00000259. The van der Waals surface area contributed by atoms with Gasteiger partial charge in [0.1, 0.15) is 0 Å². The maximum absolute atomic E-state index is 5.85. The van der Waals surface area contributed by atoms with Crippen molar-refractivity contribution in [3.63, 3.8) is 0 Å². The molecule has 0 aliphatic carbocycles. The van der Waals surface area contributed by atoms with E-state index in [1.807, 2.05) is 30.5 Å². The fourth-order valence-corrected chi connectivity index (χ4v) is 4.15. The summed E-state index contributed by atoms with van der Waals surface area (Å²) in [6.45, 7) is 2.14. The van der Waals surface area contributed by atoms with E-state index >= 15 is 0 Å². The largest absolute Gasteiger partial charge is 0.353 e. The van der Waals surface area contributed by atoms with E-state index in [0.29, 0.717) is 18.5 Å². The molecule has 1 atom stereocenters. The smallest absolute Gasteiger partial charge is 0.223 e. The number of hydrogen-bond acceptors (Lipinski definition) is 6. The fourth-order valence-electron chi connectivity index (χ4n) is 4.15. The normalized spacial score (nSPS) is 14.8. The number of rotatable bonds is 6. The van der Waals surface area contributed by atoms with Crippen LogP contribution in [-0.2, 0) is 19.5 Å². The number of nitrogens with one attached hydrogen (secondary N) is 2. The highest BCUT2D eigenvalue weighted by Gasteiger charge is 2.18. The van der Waals surface area contributed by atoms with Crippen LogP contribution in [0.1, 0.15) is 16.7 Å². The minimum atomic E-state index is 0. The molecule has 0 radical (unpaired) electrons. The van der Waals surface area contributed by atoms with Crippen molar-refractivity contribution in [3.05, 3.63) is 95.9 Å². The Hall–Kier alpha value is -3.32. The minimum absolute atomic E-state index is 0. The van der Waals surface area contributed by atoms with Crippen LogP contribution >= 0.6 is 12.4 Å². The van der Waals surface area contributed by atoms with Crippen LogP contribution in [0, 0.1) is 0 Å². The number of nitrogens with zero attached hydrogens (tertiary/aromatic N) is 3. The molecule has 6 nitrogen and oxygen atoms in total. The summed E-state index contributed by atoms with van der Waals surface area (Å²) in [5.74, 6) is 0.621. The van der Waals surface area contributed by atoms with Crippen LogP contribution in [0.5, 0.6) is 0 Å². The summed E-state index contributed by atoms with van der Waals surface area (Å²) in [4.78, 5) is 13.7. The van der Waals surface area contributed by atoms with Gasteiger partial charge in [0.25, 0.3) is 0 Å². The number of halogens is 1. The SMILES string of the molecule is Cl.NCc1cccc(-c2cnc(NCC3Cc4ccccc4CN3)nc2-c2ccncc2)c1. The molecule has 2 aromatic heterocycles. The van der Waals surface area contributed by atoms with E-state index in [1.54, 1.807) is 12.4 Å². The van der Waals surface area contributed by atoms with E-state index in [9.17, 15) is 0 Å². The molecule has 1 unspecified atom stereocenters. The molecule has 7 heteroatoms. The Morgan fingerprint density at radius 3 is 2.61 bits per heavy atom. The van der Waals surface area contributed by atoms with Crippen molar-refractivity contribution in [1.82, 2.24) is 20.3 Å². The lowest BCUT2D eigenvalue weighted by molar-refractivity contribution is 0.496. The zero-order valence-corrected chi connectivity index (χ0v) is 19.1. The second-order valence-electron chi connectivity index (χ2n) is 8.03. The van der Waals surface area contributed by atoms with Gasteiger partial charge in [-0.3, -0.25) is 4.98 Å². The summed E-state index contributed by atoms with van der Waals surface area (Å²) in [6, 6.07) is 21.1. The van der Waals surface area contributed by atoms with Crippen LogP contribution in [-0.4, -0.2) is 27.5 Å². The summed E-state index contributed by atoms with van der Waals surface area (Å²) >= 11 is 0. The maximum Gasteiger partial charge on any atom is 0.223 e. The molecule has 0 fully saturated rings. The monoisotopic (exact) mass is 458 g/mol. The second-order valence-corrected chi connectivity index (χ2v) is 8.03. The van der Waals surface area contributed by atoms with E-state index < -0.39 is 0 Å². The van der Waals surface area contributed by atoms with E-state index in [2.05, 4.69) is 57.0 Å². The van der Waals surface area contributed by atoms with E-state index in [-0.39, 0.29) is 12.4 Å². The Morgan fingerprint density at radius 2 is 1.79 bits per heavy atom. The third-order valence-corrected chi connectivity index (χ3v) is 5.89. The molecule has 168 valence electrons. The van der Waals surface area contributed by atoms with Gasteiger partial charge in [0, 0.05) is 55.4 Å². The van der Waals surface area contributed by atoms with Crippen molar-refractivity contribution in [2.75, 3.05) is 11.9 Å². The number of pyridine rings is 1. The Bertz CT molecular complexity index is 1210. The number of anilines is 1. The Kier molecular flexibility index (Phi) is 7.29. The van der Waals surface area contributed by atoms with Gasteiger partial charge in [-0.25, -0.2) is 9.97 Å². The van der Waals surface area contributed by atoms with Crippen molar-refractivity contribution in [2.24, 2.45) is 5.73 Å². The van der Waals surface area contributed by atoms with E-state index in [0.717, 1.165) is 47.5 Å². The zero-order chi connectivity index (χ0) is 21.8. The summed E-state index contributed by atoms with van der Waals surface area (Å²) < 4.78 is 0. The van der Waals surface area contributed by atoms with Crippen molar-refractivity contribution in [3.8, 4) is 22.4 Å². The molecule has 5 rings (SSSR count). The molecule has 4 aromatic rings. The van der Waals surface area contributed by atoms with Gasteiger partial charge in [-0.15, -0.1) is 12.4 Å². The van der Waals surface area contributed by atoms with Gasteiger partial charge in [0.05, 0.1) is 5.69 Å². The van der Waals surface area contributed by atoms with Gasteiger partial charge >= 0.3 is 0 Å². The predicted molar refractivity (Wildman–Crippen MR) is 135 cm³/mol. The second kappa shape index (κ2) is 10.5. The topological polar surface area (TPSA) is 88.8 Å². The third-order valence-electron chi connectivity index (χ3n) is 5.89. The Morgan fingerprint density at radius 1 is 0.970 bits per heavy atom. The fraction of sp³-hybridized carbons (Fsp3) is 0.192. The van der Waals surface area contributed by atoms with Gasteiger partial charge < -0.3 is 16.4 Å². The lowest BCUT2D eigenvalue weighted by Crippen LogP contribution is -2.40. The molecule has 0 saturated carbocycles. The molecule has 33 heavy (non-hydrogen) atoms. The maximum atomic E-state index is 5.85. The van der Waals surface area contributed by atoms with Crippen LogP contribution < -0.4 is 16.4 Å². The minimum Gasteiger partial charge on any atom is -0.353 e. The molecule has 1 aliphatic heterocycles. The van der Waals surface area contributed by atoms with Crippen LogP contribution in [0.4, 0.5) is 5.95 Å². The highest BCUT2D eigenvalue weighted by Crippen LogP contribution is 2.31. The molecule has 3 heterocycles. The van der Waals surface area contributed by atoms with Gasteiger partial charge in [0.2, 0.25) is 5.95 Å². The molecule has 2 aromatic carbocycles. The first kappa shape index (κ1) is 22.9. The van der Waals surface area contributed by atoms with Crippen molar-refractivity contribution >= 4 is 18.4 Å². The van der Waals surface area contributed by atoms with Crippen molar-refractivity contribution in [1.29, 1.82) is 0 Å². The number of aromatic nitrogens is 3. The third kappa shape index (κ3) is 5.20. The average molecular weight is 459 g/mol. The molecule has 1 aliphatic rings. The number of benzene rings is 2. The molecule has 0 amide bonds. The van der Waals surface area contributed by atoms with Crippen molar-refractivity contribution in [2.45, 2.75) is 25.6 Å². The van der Waals surface area contributed by atoms with Crippen LogP contribution in [0.25, 0.3) is 22.4 Å². The lowest BCUT2D eigenvalue weighted by Gasteiger charge is -2.26. The zero-order valence-electron chi connectivity index (χ0n) is 18.2. The number of nitrogens with two attached hydrogens (primary N) is 1. The molecule has 4 N–H and O–H groups in total. The van der Waals surface area contributed by atoms with Crippen molar-refractivity contribution < 1.29 is 0 Å². The highest BCUT2D eigenvalue weighted by molar-refractivity contribution is 5.85. The number of hydrogen-bond donors (Lipinski definition) is 3. The molecular weight excluding hydrogens is 432 g/mol. The summed E-state index contributed by atoms with van der Waals surface area (Å²) in [6.07, 6.45) is 6.46. The summed E-state index contributed by atoms with van der Waals surface area (Å²) in [7, 11) is 0. The van der Waals surface area contributed by atoms with Gasteiger partial charge in [-0.2, -0.15) is 0 Å². The number of fused-ring (bicyclic) bond motifs is 1. The average Bonchev–Trinajstić information content (AvgIpc) is 2.87. The van der Waals surface area contributed by atoms with Gasteiger partial charge in [-0.05, 0) is 46.9 Å². The molecule has 0 saturated heterocycles.